The summed E-state index contributed by atoms with van der Waals surface area (Å²) in [6.45, 7) is 1.95. The lowest BCUT2D eigenvalue weighted by Crippen LogP contribution is -2.10. The van der Waals surface area contributed by atoms with E-state index < -0.39 is 11.9 Å². The Morgan fingerprint density at radius 2 is 1.79 bits per heavy atom. The van der Waals surface area contributed by atoms with Crippen LogP contribution in [-0.4, -0.2) is 27.9 Å². The summed E-state index contributed by atoms with van der Waals surface area (Å²) in [6, 6.07) is 0. The van der Waals surface area contributed by atoms with Crippen LogP contribution in [-0.2, 0) is 0 Å². The van der Waals surface area contributed by atoms with Gasteiger partial charge < -0.3 is 0 Å². The predicted molar refractivity (Wildman–Crippen MR) is 53.1 cm³/mol. The van der Waals surface area contributed by atoms with Gasteiger partial charge in [0.1, 0.15) is 0 Å². The minimum atomic E-state index is -4.14. The van der Waals surface area contributed by atoms with Crippen molar-refractivity contribution >= 4 is 34.9 Å². The van der Waals surface area contributed by atoms with E-state index in [4.69, 9.17) is 0 Å². The van der Waals surface area contributed by atoms with Gasteiger partial charge in [0.25, 0.3) is 0 Å². The summed E-state index contributed by atoms with van der Waals surface area (Å²) in [5.41, 5.74) is 0. The summed E-state index contributed by atoms with van der Waals surface area (Å²) < 4.78 is 36.6. The van der Waals surface area contributed by atoms with E-state index in [1.165, 1.54) is 23.1 Å². The van der Waals surface area contributed by atoms with Crippen LogP contribution >= 0.6 is 34.9 Å². The summed E-state index contributed by atoms with van der Waals surface area (Å²) >= 11 is 3.36. The number of hydrogen-bond acceptors (Lipinski definition) is 5. The molecule has 0 aliphatic carbocycles. The molecular formula is C6H7F3N2S3. The molecular weight excluding hydrogens is 253 g/mol. The Hall–Kier alpha value is 0.0500. The maximum absolute atomic E-state index is 11.8. The van der Waals surface area contributed by atoms with Gasteiger partial charge in [0.2, 0.25) is 0 Å². The van der Waals surface area contributed by atoms with E-state index in [2.05, 4.69) is 10.2 Å². The molecule has 2 nitrogen and oxygen atoms in total. The third-order valence-electron chi connectivity index (χ3n) is 1.02. The summed E-state index contributed by atoms with van der Waals surface area (Å²) in [5.74, 6) is -0.0585. The second-order valence-corrected chi connectivity index (χ2v) is 5.88. The van der Waals surface area contributed by atoms with E-state index in [1.807, 2.05) is 6.92 Å². The Bertz CT molecular complexity index is 286. The zero-order valence-corrected chi connectivity index (χ0v) is 9.62. The normalized spacial score (nSPS) is 12.0. The lowest BCUT2D eigenvalue weighted by Gasteiger charge is -2.01. The van der Waals surface area contributed by atoms with Crippen LogP contribution in [0.5, 0.6) is 0 Å². The summed E-state index contributed by atoms with van der Waals surface area (Å²) in [4.78, 5) is 0. The third-order valence-corrected chi connectivity index (χ3v) is 4.15. The van der Waals surface area contributed by atoms with Gasteiger partial charge in [-0.2, -0.15) is 13.2 Å². The number of alkyl halides is 3. The molecule has 0 saturated carbocycles. The van der Waals surface area contributed by atoms with E-state index in [-0.39, 0.29) is 0 Å². The fourth-order valence-electron chi connectivity index (χ4n) is 0.581. The van der Waals surface area contributed by atoms with E-state index in [9.17, 15) is 13.2 Å². The Balaban J connectivity index is 2.44. The molecule has 0 aliphatic rings. The van der Waals surface area contributed by atoms with Crippen LogP contribution in [0.4, 0.5) is 13.2 Å². The smallest absolute Gasteiger partial charge is 0.170 e. The quantitative estimate of drug-likeness (QED) is 0.776. The first-order valence-electron chi connectivity index (χ1n) is 3.67. The second-order valence-electron chi connectivity index (χ2n) is 2.17. The molecule has 1 heterocycles. The zero-order chi connectivity index (χ0) is 10.6. The Kier molecular flexibility index (Phi) is 4.52. The van der Waals surface area contributed by atoms with Gasteiger partial charge in [0, 0.05) is 0 Å². The highest BCUT2D eigenvalue weighted by molar-refractivity contribution is 8.03. The van der Waals surface area contributed by atoms with E-state index in [0.717, 1.165) is 10.1 Å². The first-order chi connectivity index (χ1) is 6.51. The van der Waals surface area contributed by atoms with Crippen molar-refractivity contribution in [2.75, 3.05) is 11.5 Å². The standard InChI is InChI=1S/C6H7F3N2S3/c1-2-12-4-10-11-5(14-4)13-3-6(7,8)9/h2-3H2,1H3. The molecule has 1 aromatic rings. The Labute approximate surface area is 91.7 Å². The Morgan fingerprint density at radius 1 is 1.21 bits per heavy atom. The van der Waals surface area contributed by atoms with Crippen LogP contribution in [0.25, 0.3) is 0 Å². The van der Waals surface area contributed by atoms with Gasteiger partial charge in [-0.15, -0.1) is 10.2 Å². The molecule has 1 aromatic heterocycles. The van der Waals surface area contributed by atoms with Crippen LogP contribution in [0.2, 0.25) is 0 Å². The number of hydrogen-bond donors (Lipinski definition) is 0. The minimum Gasteiger partial charge on any atom is -0.170 e. The highest BCUT2D eigenvalue weighted by atomic mass is 32.2. The van der Waals surface area contributed by atoms with Crippen LogP contribution in [0.1, 0.15) is 6.92 Å². The van der Waals surface area contributed by atoms with Gasteiger partial charge in [-0.25, -0.2) is 0 Å². The van der Waals surface area contributed by atoms with Crippen LogP contribution in [0.15, 0.2) is 8.68 Å². The van der Waals surface area contributed by atoms with Gasteiger partial charge in [-0.1, -0.05) is 41.8 Å². The lowest BCUT2D eigenvalue weighted by molar-refractivity contribution is -0.105. The largest absolute Gasteiger partial charge is 0.398 e. The topological polar surface area (TPSA) is 25.8 Å². The molecule has 0 N–H and O–H groups in total. The van der Waals surface area contributed by atoms with Crippen molar-refractivity contribution in [2.45, 2.75) is 21.8 Å². The van der Waals surface area contributed by atoms with E-state index in [0.29, 0.717) is 16.1 Å². The number of nitrogens with zero attached hydrogens (tertiary/aromatic N) is 2. The molecule has 1 rings (SSSR count). The number of rotatable bonds is 4. The maximum Gasteiger partial charge on any atom is 0.398 e. The van der Waals surface area contributed by atoms with Gasteiger partial charge in [-0.3, -0.25) is 0 Å². The van der Waals surface area contributed by atoms with Crippen LogP contribution < -0.4 is 0 Å². The fourth-order valence-corrected chi connectivity index (χ4v) is 3.26. The van der Waals surface area contributed by atoms with Crippen LogP contribution in [0.3, 0.4) is 0 Å². The second kappa shape index (κ2) is 5.22. The van der Waals surface area contributed by atoms with E-state index in [1.54, 1.807) is 0 Å². The molecule has 0 aromatic carbocycles. The summed E-state index contributed by atoms with van der Waals surface area (Å²) in [5, 5.41) is 7.40. The molecule has 0 unspecified atom stereocenters. The van der Waals surface area contributed by atoms with Gasteiger partial charge in [-0.05, 0) is 5.75 Å². The van der Waals surface area contributed by atoms with Gasteiger partial charge in [0.15, 0.2) is 8.68 Å². The lowest BCUT2D eigenvalue weighted by atomic mass is 10.8. The molecule has 0 radical (unpaired) electrons. The molecule has 14 heavy (non-hydrogen) atoms. The summed E-state index contributed by atoms with van der Waals surface area (Å²) in [7, 11) is 0. The zero-order valence-electron chi connectivity index (χ0n) is 7.17. The van der Waals surface area contributed by atoms with Crippen molar-refractivity contribution < 1.29 is 13.2 Å². The van der Waals surface area contributed by atoms with Crippen molar-refractivity contribution in [2.24, 2.45) is 0 Å². The number of aromatic nitrogens is 2. The fraction of sp³-hybridized carbons (Fsp3) is 0.667. The molecule has 0 fully saturated rings. The molecule has 80 valence electrons. The van der Waals surface area contributed by atoms with Crippen molar-refractivity contribution in [3.05, 3.63) is 0 Å². The highest BCUT2D eigenvalue weighted by Gasteiger charge is 2.28. The van der Waals surface area contributed by atoms with Crippen molar-refractivity contribution in [3.63, 3.8) is 0 Å². The number of halogens is 3. The molecule has 8 heteroatoms. The number of thioether (sulfide) groups is 2. The average Bonchev–Trinajstić information content (AvgIpc) is 2.49. The first kappa shape index (κ1) is 12.1. The summed E-state index contributed by atoms with van der Waals surface area (Å²) in [6.07, 6.45) is -4.14. The Morgan fingerprint density at radius 3 is 2.29 bits per heavy atom. The maximum atomic E-state index is 11.8. The third kappa shape index (κ3) is 4.52. The van der Waals surface area contributed by atoms with Gasteiger partial charge in [0.05, 0.1) is 5.75 Å². The van der Waals surface area contributed by atoms with E-state index >= 15 is 0 Å². The molecule has 0 spiro atoms. The molecule has 0 amide bonds. The first-order valence-corrected chi connectivity index (χ1v) is 6.46. The molecule has 0 saturated heterocycles. The monoisotopic (exact) mass is 260 g/mol. The van der Waals surface area contributed by atoms with Gasteiger partial charge >= 0.3 is 6.18 Å². The SMILES string of the molecule is CCSc1nnc(SCC(F)(F)F)s1. The minimum absolute atomic E-state index is 0.373. The van der Waals surface area contributed by atoms with Crippen molar-refractivity contribution in [1.82, 2.24) is 10.2 Å². The average molecular weight is 260 g/mol. The molecule has 0 aliphatic heterocycles. The van der Waals surface area contributed by atoms with Crippen molar-refractivity contribution in [3.8, 4) is 0 Å². The molecule has 0 bridgehead atoms. The predicted octanol–water partition coefficient (Wildman–Crippen LogP) is 3.30. The highest BCUT2D eigenvalue weighted by Crippen LogP contribution is 2.32. The van der Waals surface area contributed by atoms with Crippen molar-refractivity contribution in [1.29, 1.82) is 0 Å². The van der Waals surface area contributed by atoms with Crippen LogP contribution in [0, 0.1) is 0 Å². The molecule has 0 atom stereocenters.